The zero-order chi connectivity index (χ0) is 34.4. The van der Waals surface area contributed by atoms with E-state index < -0.39 is 0 Å². The van der Waals surface area contributed by atoms with Crippen LogP contribution in [0.4, 0.5) is 0 Å². The van der Waals surface area contributed by atoms with Gasteiger partial charge >= 0.3 is 0 Å². The smallest absolute Gasteiger partial charge is 0.160 e. The lowest BCUT2D eigenvalue weighted by atomic mass is 9.90. The van der Waals surface area contributed by atoms with Gasteiger partial charge in [0.2, 0.25) is 0 Å². The lowest BCUT2D eigenvalue weighted by molar-refractivity contribution is 1.18. The Balaban J connectivity index is 1.15. The van der Waals surface area contributed by atoms with Gasteiger partial charge in [-0.25, -0.2) is 15.0 Å². The minimum absolute atomic E-state index is 0.681. The summed E-state index contributed by atoms with van der Waals surface area (Å²) in [6, 6.07) is 66.0. The Bertz CT molecular complexity index is 2930. The number of fused-ring (bicyclic) bond motifs is 8. The van der Waals surface area contributed by atoms with Gasteiger partial charge in [-0.05, 0) is 50.9 Å². The van der Waals surface area contributed by atoms with Crippen molar-refractivity contribution in [2.24, 2.45) is 0 Å². The van der Waals surface area contributed by atoms with Gasteiger partial charge in [-0.1, -0.05) is 170 Å². The van der Waals surface area contributed by atoms with E-state index in [1.165, 1.54) is 37.9 Å². The van der Waals surface area contributed by atoms with Crippen molar-refractivity contribution in [2.75, 3.05) is 0 Å². The lowest BCUT2D eigenvalue weighted by Gasteiger charge is -2.16. The van der Waals surface area contributed by atoms with Gasteiger partial charge in [-0.2, -0.15) is 0 Å². The van der Waals surface area contributed by atoms with Gasteiger partial charge in [-0.3, -0.25) is 0 Å². The lowest BCUT2D eigenvalue weighted by Crippen LogP contribution is -1.96. The van der Waals surface area contributed by atoms with Crippen LogP contribution in [0.5, 0.6) is 0 Å². The molecule has 0 spiro atoms. The van der Waals surface area contributed by atoms with Crippen LogP contribution in [0.15, 0.2) is 188 Å². The number of hydrogen-bond acceptors (Lipinski definition) is 3. The summed E-state index contributed by atoms with van der Waals surface area (Å²) >= 11 is 0. The van der Waals surface area contributed by atoms with Crippen LogP contribution in [0.3, 0.4) is 0 Å². The predicted octanol–water partition coefficient (Wildman–Crippen LogP) is 12.8. The molecule has 0 N–H and O–H groups in total. The number of benzene rings is 8. The van der Waals surface area contributed by atoms with E-state index in [1.807, 2.05) is 12.1 Å². The highest BCUT2D eigenvalue weighted by molar-refractivity contribution is 6.33. The molecule has 3 heteroatoms. The van der Waals surface area contributed by atoms with Gasteiger partial charge in [0, 0.05) is 38.4 Å². The monoisotopic (exact) mass is 661 g/mol. The number of pyridine rings is 1. The molecule has 0 radical (unpaired) electrons. The Hall–Kier alpha value is -6.97. The van der Waals surface area contributed by atoms with Crippen molar-refractivity contribution in [3.05, 3.63) is 188 Å². The number of para-hydroxylation sites is 1. The molecule has 0 unspecified atom stereocenters. The molecule has 0 bridgehead atoms. The Morgan fingerprint density at radius 1 is 0.269 bits per heavy atom. The van der Waals surface area contributed by atoms with Gasteiger partial charge in [0.15, 0.2) is 5.82 Å². The molecule has 0 saturated heterocycles. The van der Waals surface area contributed by atoms with Gasteiger partial charge < -0.3 is 0 Å². The first kappa shape index (κ1) is 29.9. The Morgan fingerprint density at radius 2 is 0.769 bits per heavy atom. The van der Waals surface area contributed by atoms with Crippen molar-refractivity contribution in [1.29, 1.82) is 0 Å². The van der Waals surface area contributed by atoms with Crippen LogP contribution in [-0.4, -0.2) is 15.0 Å². The van der Waals surface area contributed by atoms with Crippen LogP contribution in [0.25, 0.3) is 99.5 Å². The topological polar surface area (TPSA) is 38.7 Å². The van der Waals surface area contributed by atoms with Crippen LogP contribution in [0.2, 0.25) is 0 Å². The number of hydrogen-bond donors (Lipinski definition) is 0. The SMILES string of the molecule is c1ccc(-c2cccc(-c3cc(-c4ccccc4)nc(-c4ccc(-c5nc6ccccc6c6c7ccccc7c7ccccc7c56)cc4)n3)c2)cc1. The first-order valence-electron chi connectivity index (χ1n) is 17.6. The fourth-order valence-electron chi connectivity index (χ4n) is 7.58. The summed E-state index contributed by atoms with van der Waals surface area (Å²) in [6.45, 7) is 0. The zero-order valence-corrected chi connectivity index (χ0v) is 28.2. The summed E-state index contributed by atoms with van der Waals surface area (Å²) < 4.78 is 0. The molecule has 3 nitrogen and oxygen atoms in total. The first-order valence-corrected chi connectivity index (χ1v) is 17.6. The molecule has 0 fully saturated rings. The molecular weight excluding hydrogens is 631 g/mol. The predicted molar refractivity (Wildman–Crippen MR) is 217 cm³/mol. The molecular formula is C49H31N3. The highest BCUT2D eigenvalue weighted by Gasteiger charge is 2.18. The standard InChI is InChI=1S/C49H31N3/c1-3-14-32(15-4-1)36-18-13-19-37(30-36)45-31-44(33-16-5-2-6-17-33)51-49(52-45)35-28-26-34(27-29-35)48-47-41-23-10-8-21-39(41)38-20-7-9-22-40(38)46(47)42-24-11-12-25-43(42)50-48/h1-31H. The van der Waals surface area contributed by atoms with Crippen LogP contribution in [-0.2, 0) is 0 Å². The number of aromatic nitrogens is 3. The molecule has 0 atom stereocenters. The summed E-state index contributed by atoms with van der Waals surface area (Å²) in [5, 5.41) is 8.50. The molecule has 8 aromatic carbocycles. The van der Waals surface area contributed by atoms with E-state index in [0.717, 1.165) is 55.8 Å². The van der Waals surface area contributed by atoms with Crippen molar-refractivity contribution in [3.63, 3.8) is 0 Å². The number of rotatable bonds is 5. The van der Waals surface area contributed by atoms with E-state index >= 15 is 0 Å². The van der Waals surface area contributed by atoms with Gasteiger partial charge in [0.05, 0.1) is 22.6 Å². The van der Waals surface area contributed by atoms with Crippen molar-refractivity contribution in [1.82, 2.24) is 15.0 Å². The Morgan fingerprint density at radius 3 is 1.46 bits per heavy atom. The third-order valence-electron chi connectivity index (χ3n) is 10.1. The van der Waals surface area contributed by atoms with Gasteiger partial charge in [-0.15, -0.1) is 0 Å². The molecule has 242 valence electrons. The summed E-state index contributed by atoms with van der Waals surface area (Å²) in [6.07, 6.45) is 0. The van der Waals surface area contributed by atoms with E-state index in [9.17, 15) is 0 Å². The molecule has 2 heterocycles. The molecule has 0 aliphatic rings. The van der Waals surface area contributed by atoms with Crippen molar-refractivity contribution < 1.29 is 0 Å². The first-order chi connectivity index (χ1) is 25.8. The highest BCUT2D eigenvalue weighted by Crippen LogP contribution is 2.43. The quantitative estimate of drug-likeness (QED) is 0.172. The fourth-order valence-corrected chi connectivity index (χ4v) is 7.58. The second-order valence-electron chi connectivity index (χ2n) is 13.2. The van der Waals surface area contributed by atoms with Crippen LogP contribution >= 0.6 is 0 Å². The average Bonchev–Trinajstić information content (AvgIpc) is 3.24. The van der Waals surface area contributed by atoms with E-state index in [4.69, 9.17) is 15.0 Å². The Kier molecular flexibility index (Phi) is 7.14. The molecule has 10 aromatic rings. The van der Waals surface area contributed by atoms with Crippen molar-refractivity contribution >= 4 is 43.2 Å². The largest absolute Gasteiger partial charge is 0.247 e. The van der Waals surface area contributed by atoms with Crippen molar-refractivity contribution in [3.8, 4) is 56.3 Å². The molecule has 0 aliphatic carbocycles. The number of nitrogens with zero attached hydrogens (tertiary/aromatic N) is 3. The molecule has 52 heavy (non-hydrogen) atoms. The van der Waals surface area contributed by atoms with E-state index in [2.05, 4.69) is 176 Å². The summed E-state index contributed by atoms with van der Waals surface area (Å²) in [4.78, 5) is 15.6. The normalized spacial score (nSPS) is 11.5. The second-order valence-corrected chi connectivity index (χ2v) is 13.2. The summed E-state index contributed by atoms with van der Waals surface area (Å²) in [7, 11) is 0. The minimum atomic E-state index is 0.681. The second kappa shape index (κ2) is 12.4. The maximum absolute atomic E-state index is 5.34. The summed E-state index contributed by atoms with van der Waals surface area (Å²) in [5.41, 5.74) is 10.1. The van der Waals surface area contributed by atoms with Crippen LogP contribution in [0.1, 0.15) is 0 Å². The molecule has 0 amide bonds. The van der Waals surface area contributed by atoms with E-state index in [-0.39, 0.29) is 0 Å². The average molecular weight is 662 g/mol. The van der Waals surface area contributed by atoms with Crippen LogP contribution < -0.4 is 0 Å². The fraction of sp³-hybridized carbons (Fsp3) is 0. The third kappa shape index (κ3) is 5.10. The van der Waals surface area contributed by atoms with Gasteiger partial charge in [0.1, 0.15) is 0 Å². The maximum atomic E-state index is 5.34. The van der Waals surface area contributed by atoms with E-state index in [1.54, 1.807) is 0 Å². The minimum Gasteiger partial charge on any atom is -0.247 e. The van der Waals surface area contributed by atoms with Crippen molar-refractivity contribution in [2.45, 2.75) is 0 Å². The zero-order valence-electron chi connectivity index (χ0n) is 28.2. The maximum Gasteiger partial charge on any atom is 0.160 e. The molecule has 0 saturated carbocycles. The third-order valence-corrected chi connectivity index (χ3v) is 10.1. The molecule has 10 rings (SSSR count). The molecule has 0 aliphatic heterocycles. The summed E-state index contributed by atoms with van der Waals surface area (Å²) in [5.74, 6) is 0.681. The Labute approximate surface area is 301 Å². The highest BCUT2D eigenvalue weighted by atomic mass is 14.9. The van der Waals surface area contributed by atoms with Gasteiger partial charge in [0.25, 0.3) is 0 Å². The van der Waals surface area contributed by atoms with E-state index in [0.29, 0.717) is 5.82 Å². The molecule has 2 aromatic heterocycles. The van der Waals surface area contributed by atoms with Crippen LogP contribution in [0, 0.1) is 0 Å².